The van der Waals surface area contributed by atoms with Gasteiger partial charge in [0.15, 0.2) is 0 Å². The molecule has 0 radical (unpaired) electrons. The first-order chi connectivity index (χ1) is 15.5. The van der Waals surface area contributed by atoms with Gasteiger partial charge in [-0.15, -0.1) is 0 Å². The van der Waals surface area contributed by atoms with Crippen LogP contribution in [0.25, 0.3) is 0 Å². The van der Waals surface area contributed by atoms with Crippen LogP contribution in [0.4, 0.5) is 11.4 Å². The minimum Gasteiger partial charge on any atom is -0.383 e. The van der Waals surface area contributed by atoms with E-state index in [2.05, 4.69) is 10.6 Å². The van der Waals surface area contributed by atoms with Crippen LogP contribution >= 0.6 is 0 Å². The third-order valence-electron chi connectivity index (χ3n) is 6.55. The normalized spacial score (nSPS) is 19.0. The van der Waals surface area contributed by atoms with E-state index in [1.165, 1.54) is 6.92 Å². The molecule has 1 aliphatic carbocycles. The minimum absolute atomic E-state index is 0.0248. The lowest BCUT2D eigenvalue weighted by Gasteiger charge is -2.50. The van der Waals surface area contributed by atoms with Crippen LogP contribution in [0, 0.1) is 0 Å². The summed E-state index contributed by atoms with van der Waals surface area (Å²) in [6.07, 6.45) is 3.54. The highest BCUT2D eigenvalue weighted by molar-refractivity contribution is 6.05. The molecule has 0 bridgehead atoms. The molecule has 4 rings (SSSR count). The van der Waals surface area contributed by atoms with Gasteiger partial charge in [0, 0.05) is 37.5 Å². The molecule has 7 heteroatoms. The van der Waals surface area contributed by atoms with Crippen LogP contribution in [0.3, 0.4) is 0 Å². The lowest BCUT2D eigenvalue weighted by atomic mass is 9.71. The molecular weight excluding hydrogens is 406 g/mol. The molecule has 3 amide bonds. The van der Waals surface area contributed by atoms with Gasteiger partial charge in [-0.25, -0.2) is 0 Å². The maximum atomic E-state index is 13.7. The SMILES string of the molecule is COCCN1C(=O)c2ccccc2[C@@H](C(=O)Nc2ccc(NC(C)=O)cc2)C12CCCC2. The Morgan fingerprint density at radius 1 is 1.03 bits per heavy atom. The van der Waals surface area contributed by atoms with Crippen molar-refractivity contribution >= 4 is 29.1 Å². The summed E-state index contributed by atoms with van der Waals surface area (Å²) in [4.78, 5) is 40.3. The molecule has 1 fully saturated rings. The monoisotopic (exact) mass is 435 g/mol. The first kappa shape index (κ1) is 22.0. The van der Waals surface area contributed by atoms with Gasteiger partial charge in [-0.05, 0) is 48.7 Å². The third-order valence-corrected chi connectivity index (χ3v) is 6.55. The summed E-state index contributed by atoms with van der Waals surface area (Å²) >= 11 is 0. The number of anilines is 2. The number of carbonyl (C=O) groups is 3. The van der Waals surface area contributed by atoms with Crippen LogP contribution in [0.5, 0.6) is 0 Å². The van der Waals surface area contributed by atoms with Gasteiger partial charge in [-0.3, -0.25) is 14.4 Å². The number of ether oxygens (including phenoxy) is 1. The first-order valence-corrected chi connectivity index (χ1v) is 11.0. The van der Waals surface area contributed by atoms with E-state index in [-0.39, 0.29) is 17.7 Å². The van der Waals surface area contributed by atoms with Crippen molar-refractivity contribution < 1.29 is 19.1 Å². The first-order valence-electron chi connectivity index (χ1n) is 11.0. The zero-order valence-electron chi connectivity index (χ0n) is 18.5. The number of benzene rings is 2. The second kappa shape index (κ2) is 9.12. The fourth-order valence-corrected chi connectivity index (χ4v) is 5.23. The molecule has 2 N–H and O–H groups in total. The Balaban J connectivity index is 1.69. The van der Waals surface area contributed by atoms with Crippen LogP contribution < -0.4 is 10.6 Å². The molecule has 2 aromatic carbocycles. The largest absolute Gasteiger partial charge is 0.383 e. The van der Waals surface area contributed by atoms with Crippen LogP contribution in [-0.4, -0.2) is 48.4 Å². The Bertz CT molecular complexity index is 1010. The average Bonchev–Trinajstić information content (AvgIpc) is 3.24. The van der Waals surface area contributed by atoms with Crippen molar-refractivity contribution in [1.29, 1.82) is 0 Å². The topological polar surface area (TPSA) is 87.7 Å². The third kappa shape index (κ3) is 4.00. The van der Waals surface area contributed by atoms with Gasteiger partial charge in [-0.1, -0.05) is 31.0 Å². The Kier molecular flexibility index (Phi) is 6.28. The van der Waals surface area contributed by atoms with Gasteiger partial charge in [0.2, 0.25) is 11.8 Å². The minimum atomic E-state index is -0.551. The van der Waals surface area contributed by atoms with E-state index in [1.54, 1.807) is 31.4 Å². The Morgan fingerprint density at radius 2 is 1.66 bits per heavy atom. The molecular formula is C25H29N3O4. The predicted octanol–water partition coefficient (Wildman–Crippen LogP) is 3.78. The quantitative estimate of drug-likeness (QED) is 0.723. The van der Waals surface area contributed by atoms with E-state index in [9.17, 15) is 14.4 Å². The van der Waals surface area contributed by atoms with E-state index in [1.807, 2.05) is 29.2 Å². The number of hydrogen-bond acceptors (Lipinski definition) is 4. The van der Waals surface area contributed by atoms with Crippen molar-refractivity contribution in [1.82, 2.24) is 4.90 Å². The standard InChI is InChI=1S/C25H29N3O4/c1-17(29)26-18-9-11-19(12-10-18)27-23(30)22-20-7-3-4-8-21(20)24(31)28(15-16-32-2)25(22)13-5-6-14-25/h3-4,7-12,22H,5-6,13-16H2,1-2H3,(H,26,29)(H,27,30)/t22-/m0/s1. The fraction of sp³-hybridized carbons (Fsp3) is 0.400. The average molecular weight is 436 g/mol. The molecule has 0 saturated heterocycles. The van der Waals surface area contributed by atoms with E-state index < -0.39 is 11.5 Å². The summed E-state index contributed by atoms with van der Waals surface area (Å²) < 4.78 is 5.29. The van der Waals surface area contributed by atoms with Crippen LogP contribution in [0.2, 0.25) is 0 Å². The summed E-state index contributed by atoms with van der Waals surface area (Å²) in [5.74, 6) is -0.764. The number of hydrogen-bond donors (Lipinski definition) is 2. The van der Waals surface area contributed by atoms with Crippen LogP contribution in [0.1, 0.15) is 54.4 Å². The molecule has 7 nitrogen and oxygen atoms in total. The molecule has 1 saturated carbocycles. The highest BCUT2D eigenvalue weighted by Gasteiger charge is 2.55. The van der Waals surface area contributed by atoms with Crippen LogP contribution in [-0.2, 0) is 14.3 Å². The van der Waals surface area contributed by atoms with Crippen molar-refractivity contribution in [3.05, 3.63) is 59.7 Å². The molecule has 1 heterocycles. The van der Waals surface area contributed by atoms with Gasteiger partial charge in [-0.2, -0.15) is 0 Å². The Labute approximate surface area is 188 Å². The number of amides is 3. The van der Waals surface area contributed by atoms with Crippen LogP contribution in [0.15, 0.2) is 48.5 Å². The fourth-order valence-electron chi connectivity index (χ4n) is 5.23. The highest BCUT2D eigenvalue weighted by Crippen LogP contribution is 2.50. The lowest BCUT2D eigenvalue weighted by molar-refractivity contribution is -0.121. The van der Waals surface area contributed by atoms with E-state index >= 15 is 0 Å². The second-order valence-electron chi connectivity index (χ2n) is 8.53. The number of carbonyl (C=O) groups excluding carboxylic acids is 3. The van der Waals surface area contributed by atoms with E-state index in [0.717, 1.165) is 31.2 Å². The summed E-state index contributed by atoms with van der Waals surface area (Å²) in [6, 6.07) is 14.5. The van der Waals surface area contributed by atoms with Crippen molar-refractivity contribution in [3.63, 3.8) is 0 Å². The molecule has 0 unspecified atom stereocenters. The van der Waals surface area contributed by atoms with Gasteiger partial charge >= 0.3 is 0 Å². The number of rotatable bonds is 6. The van der Waals surface area contributed by atoms with Gasteiger partial charge in [0.05, 0.1) is 18.1 Å². The lowest BCUT2D eigenvalue weighted by Crippen LogP contribution is -2.60. The summed E-state index contributed by atoms with van der Waals surface area (Å²) in [5, 5.41) is 5.78. The molecule has 32 heavy (non-hydrogen) atoms. The van der Waals surface area contributed by atoms with Crippen molar-refractivity contribution in [2.24, 2.45) is 0 Å². The zero-order chi connectivity index (χ0) is 22.7. The summed E-state index contributed by atoms with van der Waals surface area (Å²) in [6.45, 7) is 2.33. The maximum Gasteiger partial charge on any atom is 0.254 e. The van der Waals surface area contributed by atoms with E-state index in [0.29, 0.717) is 30.1 Å². The van der Waals surface area contributed by atoms with Gasteiger partial charge in [0.25, 0.3) is 5.91 Å². The van der Waals surface area contributed by atoms with Gasteiger partial charge in [0.1, 0.15) is 0 Å². The zero-order valence-corrected chi connectivity index (χ0v) is 18.5. The van der Waals surface area contributed by atoms with Crippen molar-refractivity contribution in [3.8, 4) is 0 Å². The maximum absolute atomic E-state index is 13.7. The molecule has 1 atom stereocenters. The number of fused-ring (bicyclic) bond motifs is 1. The summed E-state index contributed by atoms with van der Waals surface area (Å²) in [5.41, 5.74) is 2.14. The number of nitrogens with zero attached hydrogens (tertiary/aromatic N) is 1. The molecule has 2 aliphatic rings. The Morgan fingerprint density at radius 3 is 2.28 bits per heavy atom. The highest BCUT2D eigenvalue weighted by atomic mass is 16.5. The summed E-state index contributed by atoms with van der Waals surface area (Å²) in [7, 11) is 1.62. The molecule has 2 aromatic rings. The molecule has 1 spiro atoms. The van der Waals surface area contributed by atoms with Crippen molar-refractivity contribution in [2.45, 2.75) is 44.1 Å². The number of nitrogens with one attached hydrogen (secondary N) is 2. The molecule has 0 aromatic heterocycles. The molecule has 168 valence electrons. The van der Waals surface area contributed by atoms with E-state index in [4.69, 9.17) is 4.74 Å². The molecule has 1 aliphatic heterocycles. The number of methoxy groups -OCH3 is 1. The van der Waals surface area contributed by atoms with Crippen molar-refractivity contribution in [2.75, 3.05) is 30.9 Å². The predicted molar refractivity (Wildman–Crippen MR) is 123 cm³/mol. The Hall–Kier alpha value is -3.19. The smallest absolute Gasteiger partial charge is 0.254 e. The second-order valence-corrected chi connectivity index (χ2v) is 8.53. The van der Waals surface area contributed by atoms with Gasteiger partial charge < -0.3 is 20.3 Å².